The second-order valence-electron chi connectivity index (χ2n) is 4.37. The molecule has 0 aromatic heterocycles. The van der Waals surface area contributed by atoms with Crippen LogP contribution in [0.4, 0.5) is 0 Å². The van der Waals surface area contributed by atoms with Gasteiger partial charge in [-0.05, 0) is 12.8 Å². The molecule has 14 heavy (non-hydrogen) atoms. The second kappa shape index (κ2) is 5.47. The first-order chi connectivity index (χ1) is 6.70. The Kier molecular flexibility index (Phi) is 4.55. The molecule has 0 radical (unpaired) electrons. The van der Waals surface area contributed by atoms with E-state index < -0.39 is 0 Å². The summed E-state index contributed by atoms with van der Waals surface area (Å²) in [6.07, 6.45) is 3.09. The van der Waals surface area contributed by atoms with Crippen molar-refractivity contribution in [2.75, 3.05) is 32.8 Å². The molecule has 1 aliphatic heterocycles. The van der Waals surface area contributed by atoms with Gasteiger partial charge in [0.05, 0.1) is 6.61 Å². The topological polar surface area (TPSA) is 29.5 Å². The number of hydrogen-bond acceptors (Lipinski definition) is 3. The number of rotatable bonds is 4. The molecule has 3 heteroatoms. The monoisotopic (exact) mass is 199 g/mol. The van der Waals surface area contributed by atoms with Crippen LogP contribution in [0.25, 0.3) is 0 Å². The molecule has 82 valence electrons. The van der Waals surface area contributed by atoms with E-state index in [0.717, 1.165) is 52.0 Å². The third-order valence-electron chi connectivity index (χ3n) is 2.99. The highest BCUT2D eigenvalue weighted by molar-refractivity contribution is 5.58. The summed E-state index contributed by atoms with van der Waals surface area (Å²) in [6.45, 7) is 8.66. The number of hydrogen-bond donors (Lipinski definition) is 0. The Morgan fingerprint density at radius 1 is 1.43 bits per heavy atom. The fourth-order valence-electron chi connectivity index (χ4n) is 1.70. The highest BCUT2D eigenvalue weighted by atomic mass is 16.5. The van der Waals surface area contributed by atoms with Gasteiger partial charge in [-0.1, -0.05) is 13.8 Å². The largest absolute Gasteiger partial charge is 0.380 e. The molecule has 1 saturated heterocycles. The standard InChI is InChI=1S/C11H21NO2/c1-3-11(2,10-13)9-12-5-4-7-14-8-6-12/h10H,3-9H2,1-2H3. The summed E-state index contributed by atoms with van der Waals surface area (Å²) in [4.78, 5) is 13.3. The lowest BCUT2D eigenvalue weighted by molar-refractivity contribution is -0.116. The summed E-state index contributed by atoms with van der Waals surface area (Å²) < 4.78 is 5.38. The third kappa shape index (κ3) is 3.39. The van der Waals surface area contributed by atoms with Gasteiger partial charge in [-0.2, -0.15) is 0 Å². The molecule has 0 aromatic carbocycles. The van der Waals surface area contributed by atoms with Crippen molar-refractivity contribution in [2.24, 2.45) is 5.41 Å². The molecule has 0 saturated carbocycles. The molecule has 0 N–H and O–H groups in total. The Balaban J connectivity index is 2.43. The summed E-state index contributed by atoms with van der Waals surface area (Å²) in [5, 5.41) is 0. The van der Waals surface area contributed by atoms with Crippen molar-refractivity contribution in [2.45, 2.75) is 26.7 Å². The summed E-state index contributed by atoms with van der Waals surface area (Å²) in [7, 11) is 0. The van der Waals surface area contributed by atoms with E-state index in [9.17, 15) is 4.79 Å². The number of carbonyl (C=O) groups excluding carboxylic acids is 1. The highest BCUT2D eigenvalue weighted by Gasteiger charge is 2.24. The molecule has 1 atom stereocenters. The minimum Gasteiger partial charge on any atom is -0.380 e. The lowest BCUT2D eigenvalue weighted by Crippen LogP contribution is -2.38. The van der Waals surface area contributed by atoms with Crippen LogP contribution in [0.5, 0.6) is 0 Å². The molecule has 1 heterocycles. The lowest BCUT2D eigenvalue weighted by Gasteiger charge is -2.29. The van der Waals surface area contributed by atoms with E-state index in [1.165, 1.54) is 0 Å². The Labute approximate surface area is 86.4 Å². The zero-order valence-corrected chi connectivity index (χ0v) is 9.29. The van der Waals surface area contributed by atoms with Gasteiger partial charge in [0.25, 0.3) is 0 Å². The number of ether oxygens (including phenoxy) is 1. The molecule has 1 rings (SSSR count). The first-order valence-electron chi connectivity index (χ1n) is 5.46. The van der Waals surface area contributed by atoms with Crippen LogP contribution < -0.4 is 0 Å². The first-order valence-corrected chi connectivity index (χ1v) is 5.46. The maximum atomic E-state index is 11.0. The van der Waals surface area contributed by atoms with Crippen LogP contribution in [0.3, 0.4) is 0 Å². The summed E-state index contributed by atoms with van der Waals surface area (Å²) in [5.41, 5.74) is -0.176. The van der Waals surface area contributed by atoms with Gasteiger partial charge in [0.15, 0.2) is 0 Å². The molecule has 1 fully saturated rings. The molecule has 0 amide bonds. The van der Waals surface area contributed by atoms with Crippen LogP contribution >= 0.6 is 0 Å². The van der Waals surface area contributed by atoms with Crippen molar-refractivity contribution in [3.05, 3.63) is 0 Å². The van der Waals surface area contributed by atoms with Crippen LogP contribution in [0.2, 0.25) is 0 Å². The average Bonchev–Trinajstić information content (AvgIpc) is 2.46. The van der Waals surface area contributed by atoms with Crippen molar-refractivity contribution in [1.29, 1.82) is 0 Å². The van der Waals surface area contributed by atoms with Crippen molar-refractivity contribution in [3.8, 4) is 0 Å². The van der Waals surface area contributed by atoms with E-state index in [0.29, 0.717) is 0 Å². The maximum Gasteiger partial charge on any atom is 0.127 e. The van der Waals surface area contributed by atoms with Crippen LogP contribution in [-0.2, 0) is 9.53 Å². The Morgan fingerprint density at radius 2 is 2.21 bits per heavy atom. The molecule has 1 unspecified atom stereocenters. The highest BCUT2D eigenvalue weighted by Crippen LogP contribution is 2.19. The van der Waals surface area contributed by atoms with Gasteiger partial charge in [-0.25, -0.2) is 0 Å². The molecule has 0 aromatic rings. The van der Waals surface area contributed by atoms with Crippen molar-refractivity contribution in [3.63, 3.8) is 0 Å². The van der Waals surface area contributed by atoms with Crippen molar-refractivity contribution >= 4 is 6.29 Å². The Hall–Kier alpha value is -0.410. The summed E-state index contributed by atoms with van der Waals surface area (Å²) in [5.74, 6) is 0. The van der Waals surface area contributed by atoms with Gasteiger partial charge in [0, 0.05) is 31.7 Å². The molecule has 0 bridgehead atoms. The van der Waals surface area contributed by atoms with Crippen LogP contribution in [0.15, 0.2) is 0 Å². The van der Waals surface area contributed by atoms with E-state index in [1.807, 2.05) is 6.92 Å². The molecule has 1 aliphatic rings. The van der Waals surface area contributed by atoms with Crippen molar-refractivity contribution < 1.29 is 9.53 Å². The smallest absolute Gasteiger partial charge is 0.127 e. The molecular weight excluding hydrogens is 178 g/mol. The van der Waals surface area contributed by atoms with Gasteiger partial charge in [-0.3, -0.25) is 4.90 Å². The van der Waals surface area contributed by atoms with Gasteiger partial charge in [0.1, 0.15) is 6.29 Å². The van der Waals surface area contributed by atoms with Gasteiger partial charge >= 0.3 is 0 Å². The molecule has 3 nitrogen and oxygen atoms in total. The Morgan fingerprint density at radius 3 is 2.86 bits per heavy atom. The normalized spacial score (nSPS) is 23.9. The Bertz CT molecular complexity index is 176. The zero-order valence-electron chi connectivity index (χ0n) is 9.29. The maximum absolute atomic E-state index is 11.0. The SMILES string of the molecule is CCC(C)(C=O)CN1CCCOCC1. The lowest BCUT2D eigenvalue weighted by atomic mass is 9.89. The summed E-state index contributed by atoms with van der Waals surface area (Å²) >= 11 is 0. The number of nitrogens with zero attached hydrogens (tertiary/aromatic N) is 1. The minimum atomic E-state index is -0.176. The predicted octanol–water partition coefficient (Wildman–Crippen LogP) is 1.32. The summed E-state index contributed by atoms with van der Waals surface area (Å²) in [6, 6.07) is 0. The number of carbonyl (C=O) groups is 1. The second-order valence-corrected chi connectivity index (χ2v) is 4.37. The fourth-order valence-corrected chi connectivity index (χ4v) is 1.70. The van der Waals surface area contributed by atoms with Crippen LogP contribution in [0, 0.1) is 5.41 Å². The molecule has 0 spiro atoms. The number of aldehydes is 1. The average molecular weight is 199 g/mol. The third-order valence-corrected chi connectivity index (χ3v) is 2.99. The van der Waals surface area contributed by atoms with Gasteiger partial charge in [0.2, 0.25) is 0 Å². The van der Waals surface area contributed by atoms with Gasteiger partial charge < -0.3 is 9.53 Å². The van der Waals surface area contributed by atoms with E-state index in [1.54, 1.807) is 0 Å². The first kappa shape index (κ1) is 11.7. The van der Waals surface area contributed by atoms with Gasteiger partial charge in [-0.15, -0.1) is 0 Å². The van der Waals surface area contributed by atoms with E-state index in [4.69, 9.17) is 4.74 Å². The molecular formula is C11H21NO2. The fraction of sp³-hybridized carbons (Fsp3) is 0.909. The van der Waals surface area contributed by atoms with Crippen molar-refractivity contribution in [1.82, 2.24) is 4.90 Å². The quantitative estimate of drug-likeness (QED) is 0.640. The van der Waals surface area contributed by atoms with Crippen LogP contribution in [0.1, 0.15) is 26.7 Å². The van der Waals surface area contributed by atoms with E-state index in [2.05, 4.69) is 11.8 Å². The van der Waals surface area contributed by atoms with E-state index in [-0.39, 0.29) is 5.41 Å². The molecule has 0 aliphatic carbocycles. The predicted molar refractivity (Wildman–Crippen MR) is 56.3 cm³/mol. The van der Waals surface area contributed by atoms with E-state index >= 15 is 0 Å². The zero-order chi connectivity index (χ0) is 10.4. The minimum absolute atomic E-state index is 0.176. The van der Waals surface area contributed by atoms with Crippen LogP contribution in [-0.4, -0.2) is 44.0 Å².